The fourth-order valence-electron chi connectivity index (χ4n) is 6.28. The van der Waals surface area contributed by atoms with Crippen LogP contribution in [0.2, 0.25) is 0 Å². The Hall–Kier alpha value is -4.62. The lowest BCUT2D eigenvalue weighted by atomic mass is 9.76. The first kappa shape index (κ1) is 50.4. The van der Waals surface area contributed by atoms with Gasteiger partial charge in [0, 0.05) is 31.6 Å². The maximum atomic E-state index is 14.5. The number of hydrogen-bond acceptors (Lipinski definition) is 8. The molecule has 0 spiro atoms. The molecule has 0 aliphatic carbocycles. The number of carbonyl (C=O) groups is 6. The number of nitrogens with zero attached hydrogens (tertiary/aromatic N) is 2. The highest BCUT2D eigenvalue weighted by molar-refractivity contribution is 5.94. The Morgan fingerprint density at radius 2 is 1.33 bits per heavy atom. The van der Waals surface area contributed by atoms with Crippen molar-refractivity contribution in [2.24, 2.45) is 11.3 Å². The Balaban J connectivity index is 3.23. The molecule has 0 radical (unpaired) electrons. The van der Waals surface area contributed by atoms with Gasteiger partial charge in [-0.2, -0.15) is 0 Å². The molecular formula is C43H71N5O9. The Morgan fingerprint density at radius 3 is 1.81 bits per heavy atom. The highest BCUT2D eigenvalue weighted by atomic mass is 16.6. The second-order valence-corrected chi connectivity index (χ2v) is 18.7. The van der Waals surface area contributed by atoms with E-state index in [1.54, 1.807) is 61.6 Å². The predicted molar refractivity (Wildman–Crippen MR) is 221 cm³/mol. The van der Waals surface area contributed by atoms with Crippen LogP contribution in [-0.4, -0.2) is 107 Å². The minimum Gasteiger partial charge on any atom is -0.480 e. The van der Waals surface area contributed by atoms with Gasteiger partial charge >= 0.3 is 18.2 Å². The van der Waals surface area contributed by atoms with Crippen LogP contribution in [0.15, 0.2) is 42.0 Å². The number of nitrogens with one attached hydrogen (secondary N) is 3. The first-order valence-electron chi connectivity index (χ1n) is 19.7. The third-order valence-corrected chi connectivity index (χ3v) is 9.37. The van der Waals surface area contributed by atoms with Crippen LogP contribution < -0.4 is 16.0 Å². The van der Waals surface area contributed by atoms with Crippen molar-refractivity contribution in [3.8, 4) is 0 Å². The molecule has 1 aromatic rings. The molecule has 14 heteroatoms. The van der Waals surface area contributed by atoms with E-state index in [1.807, 2.05) is 78.8 Å². The number of benzene rings is 1. The average molecular weight is 802 g/mol. The van der Waals surface area contributed by atoms with Gasteiger partial charge in [0.15, 0.2) is 0 Å². The number of alkyl carbamates (subject to hydrolysis) is 1. The second kappa shape index (κ2) is 20.7. The van der Waals surface area contributed by atoms with Crippen LogP contribution >= 0.6 is 0 Å². The van der Waals surface area contributed by atoms with Crippen LogP contribution in [0.5, 0.6) is 0 Å². The standard InChI is InChI=1S/C43H71N5O9/c1-27(2)31(26-28(3)34(49)44-25-21-20-24-30(37(52)53)45-38(54)56-41(7,8)9)47(15)36(51)32(40(4,5)6)46-35(50)33(48(16)39(55)57-42(10,11)12)43(13,14)29-22-18-17-19-23-29/h17-19,22-23,26-27,30-33H,20-21,24-25H2,1-16H3,(H,44,49)(H,45,54)(H,46,50)(H,52,53)/b28-26+/t30-,31-,32?,33-/m1/s1. The lowest BCUT2D eigenvalue weighted by Gasteiger charge is -2.42. The first-order valence-corrected chi connectivity index (χ1v) is 19.7. The van der Waals surface area contributed by atoms with Crippen molar-refractivity contribution in [3.05, 3.63) is 47.5 Å². The van der Waals surface area contributed by atoms with Gasteiger partial charge in [0.1, 0.15) is 29.3 Å². The number of amides is 5. The molecule has 0 saturated carbocycles. The van der Waals surface area contributed by atoms with E-state index in [0.717, 1.165) is 5.56 Å². The summed E-state index contributed by atoms with van der Waals surface area (Å²) in [6.07, 6.45) is 1.25. The summed E-state index contributed by atoms with van der Waals surface area (Å²) < 4.78 is 10.8. The van der Waals surface area contributed by atoms with Crippen LogP contribution in [0.3, 0.4) is 0 Å². The van der Waals surface area contributed by atoms with Crippen molar-refractivity contribution in [1.29, 1.82) is 0 Å². The summed E-state index contributed by atoms with van der Waals surface area (Å²) in [5, 5.41) is 17.8. The highest BCUT2D eigenvalue weighted by Crippen LogP contribution is 2.32. The maximum Gasteiger partial charge on any atom is 0.410 e. The van der Waals surface area contributed by atoms with E-state index in [1.165, 1.54) is 16.8 Å². The smallest absolute Gasteiger partial charge is 0.410 e. The van der Waals surface area contributed by atoms with Gasteiger partial charge in [0.2, 0.25) is 17.7 Å². The van der Waals surface area contributed by atoms with Gasteiger partial charge in [0.25, 0.3) is 0 Å². The third kappa shape index (κ3) is 16.4. The van der Waals surface area contributed by atoms with Gasteiger partial charge in [-0.1, -0.05) is 84.9 Å². The minimum atomic E-state index is -1.18. The largest absolute Gasteiger partial charge is 0.480 e. The SMILES string of the molecule is C/C(=C\[C@H](C(C)C)N(C)C(=O)C(NC(=O)[C@@H](N(C)C(=O)OC(C)(C)C)C(C)(C)c1ccccc1)C(C)(C)C)C(=O)NCCCC[C@@H](NC(=O)OC(C)(C)C)C(=O)O. The Labute approximate surface area is 340 Å². The predicted octanol–water partition coefficient (Wildman–Crippen LogP) is 6.42. The summed E-state index contributed by atoms with van der Waals surface area (Å²) in [6.45, 7) is 25.4. The number of carboxylic acid groups (broad SMARTS) is 1. The molecule has 0 aliphatic rings. The summed E-state index contributed by atoms with van der Waals surface area (Å²) in [5.41, 5.74) is -2.05. The maximum absolute atomic E-state index is 14.5. The van der Waals surface area contributed by atoms with Crippen LogP contribution in [-0.2, 0) is 34.1 Å². The fraction of sp³-hybridized carbons (Fsp3) is 0.674. The molecule has 57 heavy (non-hydrogen) atoms. The third-order valence-electron chi connectivity index (χ3n) is 9.37. The van der Waals surface area contributed by atoms with Gasteiger partial charge in [-0.05, 0) is 84.6 Å². The summed E-state index contributed by atoms with van der Waals surface area (Å²) in [6, 6.07) is 5.64. The minimum absolute atomic E-state index is 0.119. The first-order chi connectivity index (χ1) is 25.9. The number of aliphatic carboxylic acids is 1. The van der Waals surface area contributed by atoms with E-state index in [-0.39, 0.29) is 30.7 Å². The number of carbonyl (C=O) groups excluding carboxylic acids is 5. The van der Waals surface area contributed by atoms with E-state index >= 15 is 0 Å². The molecule has 4 N–H and O–H groups in total. The molecule has 0 heterocycles. The molecule has 322 valence electrons. The zero-order valence-corrected chi connectivity index (χ0v) is 37.3. The van der Waals surface area contributed by atoms with Gasteiger partial charge in [0.05, 0.1) is 6.04 Å². The molecule has 1 aromatic carbocycles. The molecule has 0 saturated heterocycles. The summed E-state index contributed by atoms with van der Waals surface area (Å²) in [7, 11) is 3.16. The van der Waals surface area contributed by atoms with E-state index in [9.17, 15) is 33.9 Å². The van der Waals surface area contributed by atoms with Crippen LogP contribution in [0.4, 0.5) is 9.59 Å². The zero-order chi connectivity index (χ0) is 44.3. The van der Waals surface area contributed by atoms with E-state index < -0.39 is 70.3 Å². The molecular weight excluding hydrogens is 730 g/mol. The average Bonchev–Trinajstić information content (AvgIpc) is 3.06. The number of rotatable bonds is 17. The van der Waals surface area contributed by atoms with Gasteiger partial charge in [-0.25, -0.2) is 14.4 Å². The lowest BCUT2D eigenvalue weighted by molar-refractivity contribution is -0.142. The molecule has 0 bridgehead atoms. The molecule has 0 fully saturated rings. The van der Waals surface area contributed by atoms with E-state index in [0.29, 0.717) is 18.4 Å². The van der Waals surface area contributed by atoms with Crippen LogP contribution in [0.1, 0.15) is 122 Å². The van der Waals surface area contributed by atoms with Crippen molar-refractivity contribution >= 4 is 35.9 Å². The molecule has 0 aliphatic heterocycles. The van der Waals surface area contributed by atoms with Crippen LogP contribution in [0.25, 0.3) is 0 Å². The summed E-state index contributed by atoms with van der Waals surface area (Å²) >= 11 is 0. The lowest BCUT2D eigenvalue weighted by Crippen LogP contribution is -2.63. The quantitative estimate of drug-likeness (QED) is 0.102. The molecule has 0 aromatic heterocycles. The number of likely N-dealkylation sites (N-methyl/N-ethyl adjacent to an activating group) is 2. The normalized spacial score (nSPS) is 14.7. The van der Waals surface area contributed by atoms with Gasteiger partial charge in [-0.3, -0.25) is 19.3 Å². The van der Waals surface area contributed by atoms with Crippen LogP contribution in [0, 0.1) is 11.3 Å². The number of unbranched alkanes of at least 4 members (excludes halogenated alkanes) is 1. The zero-order valence-electron chi connectivity index (χ0n) is 37.3. The molecule has 1 unspecified atom stereocenters. The second-order valence-electron chi connectivity index (χ2n) is 18.7. The molecule has 1 rings (SSSR count). The number of carboxylic acids is 1. The molecule has 4 atom stereocenters. The summed E-state index contributed by atoms with van der Waals surface area (Å²) in [5.74, 6) is -2.55. The van der Waals surface area contributed by atoms with E-state index in [2.05, 4.69) is 16.0 Å². The highest BCUT2D eigenvalue weighted by Gasteiger charge is 2.46. The number of ether oxygens (including phenoxy) is 2. The Bertz CT molecular complexity index is 1570. The fourth-order valence-corrected chi connectivity index (χ4v) is 6.28. The van der Waals surface area contributed by atoms with Crippen molar-refractivity contribution in [3.63, 3.8) is 0 Å². The van der Waals surface area contributed by atoms with Crippen molar-refractivity contribution in [1.82, 2.24) is 25.8 Å². The van der Waals surface area contributed by atoms with Crippen molar-refractivity contribution < 1.29 is 43.3 Å². The summed E-state index contributed by atoms with van der Waals surface area (Å²) in [4.78, 5) is 82.1. The van der Waals surface area contributed by atoms with Gasteiger partial charge < -0.3 is 35.4 Å². The Morgan fingerprint density at radius 1 is 0.789 bits per heavy atom. The Kier molecular flexibility index (Phi) is 18.3. The number of hydrogen-bond donors (Lipinski definition) is 4. The van der Waals surface area contributed by atoms with Crippen molar-refractivity contribution in [2.45, 2.75) is 157 Å². The van der Waals surface area contributed by atoms with Crippen molar-refractivity contribution in [2.75, 3.05) is 20.6 Å². The molecule has 5 amide bonds. The molecule has 14 nitrogen and oxygen atoms in total. The topological polar surface area (TPSA) is 184 Å². The monoisotopic (exact) mass is 802 g/mol. The van der Waals surface area contributed by atoms with Gasteiger partial charge in [-0.15, -0.1) is 0 Å². The van der Waals surface area contributed by atoms with E-state index in [4.69, 9.17) is 9.47 Å².